The zero-order valence-corrected chi connectivity index (χ0v) is 21.0. The lowest BCUT2D eigenvalue weighted by Crippen LogP contribution is -2.39. The van der Waals surface area contributed by atoms with Crippen molar-refractivity contribution in [3.8, 4) is 0 Å². The number of fused-ring (bicyclic) bond motifs is 1. The average Bonchev–Trinajstić information content (AvgIpc) is 3.24. The Balaban J connectivity index is 1.43. The fraction of sp³-hybridized carbons (Fsp3) is 0.400. The number of piperidine rings is 1. The Morgan fingerprint density at radius 1 is 1.05 bits per heavy atom. The SMILES string of the molecule is CC(c1c(C(N)=O)ccc2nn(CC3CCN(C(=O)c4ccc(SC(F)(F)F)cc4)CC3)cc12)C(F)(F)F. The fourth-order valence-electron chi connectivity index (χ4n) is 4.67. The van der Waals surface area contributed by atoms with Crippen molar-refractivity contribution in [2.75, 3.05) is 13.1 Å². The van der Waals surface area contributed by atoms with Crippen LogP contribution in [0.4, 0.5) is 26.3 Å². The van der Waals surface area contributed by atoms with E-state index in [4.69, 9.17) is 5.73 Å². The topological polar surface area (TPSA) is 81.2 Å². The number of likely N-dealkylation sites (tertiary alicyclic amines) is 1. The van der Waals surface area contributed by atoms with Crippen LogP contribution in [0.25, 0.3) is 10.9 Å². The summed E-state index contributed by atoms with van der Waals surface area (Å²) in [7, 11) is 0. The first kappa shape index (κ1) is 27.8. The number of carbonyl (C=O) groups excluding carboxylic acids is 2. The first-order chi connectivity index (χ1) is 17.7. The van der Waals surface area contributed by atoms with Crippen molar-refractivity contribution < 1.29 is 35.9 Å². The van der Waals surface area contributed by atoms with E-state index in [0.29, 0.717) is 43.6 Å². The second-order valence-electron chi connectivity index (χ2n) is 9.25. The maximum Gasteiger partial charge on any atom is 0.446 e. The number of hydrogen-bond donors (Lipinski definition) is 1. The number of nitrogens with zero attached hydrogens (tertiary/aromatic N) is 3. The predicted octanol–water partition coefficient (Wildman–Crippen LogP) is 5.97. The molecular formula is C25H24F6N4O2S. The van der Waals surface area contributed by atoms with E-state index in [1.165, 1.54) is 42.6 Å². The number of nitrogens with two attached hydrogens (primary N) is 1. The molecule has 0 saturated carbocycles. The third kappa shape index (κ3) is 6.25. The van der Waals surface area contributed by atoms with Crippen molar-refractivity contribution in [2.45, 2.75) is 48.8 Å². The molecule has 4 rings (SSSR count). The first-order valence-corrected chi connectivity index (χ1v) is 12.6. The third-order valence-electron chi connectivity index (χ3n) is 6.65. The summed E-state index contributed by atoms with van der Waals surface area (Å²) in [5.74, 6) is -3.04. The Hall–Kier alpha value is -3.22. The molecular weight excluding hydrogens is 534 g/mol. The van der Waals surface area contributed by atoms with Gasteiger partial charge in [-0.05, 0) is 79.4 Å². The van der Waals surface area contributed by atoms with Crippen LogP contribution in [0.1, 0.15) is 52.0 Å². The minimum absolute atomic E-state index is 0.00454. The van der Waals surface area contributed by atoms with Gasteiger partial charge in [-0.2, -0.15) is 31.4 Å². The molecule has 0 radical (unpaired) electrons. The molecule has 1 fully saturated rings. The largest absolute Gasteiger partial charge is 0.446 e. The highest BCUT2D eigenvalue weighted by atomic mass is 32.2. The van der Waals surface area contributed by atoms with E-state index >= 15 is 0 Å². The highest BCUT2D eigenvalue weighted by Crippen LogP contribution is 2.40. The number of hydrogen-bond acceptors (Lipinski definition) is 4. The minimum Gasteiger partial charge on any atom is -0.366 e. The molecule has 2 heterocycles. The number of aromatic nitrogens is 2. The molecule has 1 aliphatic rings. The van der Waals surface area contributed by atoms with E-state index in [-0.39, 0.29) is 45.0 Å². The molecule has 204 valence electrons. The van der Waals surface area contributed by atoms with Gasteiger partial charge in [0, 0.05) is 47.2 Å². The van der Waals surface area contributed by atoms with Gasteiger partial charge in [0.1, 0.15) is 0 Å². The normalized spacial score (nSPS) is 16.1. The van der Waals surface area contributed by atoms with Crippen molar-refractivity contribution in [1.29, 1.82) is 0 Å². The van der Waals surface area contributed by atoms with Gasteiger partial charge in [-0.15, -0.1) is 0 Å². The van der Waals surface area contributed by atoms with Crippen LogP contribution in [0.3, 0.4) is 0 Å². The van der Waals surface area contributed by atoms with Crippen LogP contribution in [0.15, 0.2) is 47.5 Å². The molecule has 1 atom stereocenters. The van der Waals surface area contributed by atoms with E-state index in [9.17, 15) is 35.9 Å². The van der Waals surface area contributed by atoms with Gasteiger partial charge < -0.3 is 10.6 Å². The molecule has 3 aromatic rings. The van der Waals surface area contributed by atoms with Crippen LogP contribution in [0.5, 0.6) is 0 Å². The van der Waals surface area contributed by atoms with Crippen molar-refractivity contribution in [3.63, 3.8) is 0 Å². The fourth-order valence-corrected chi connectivity index (χ4v) is 5.21. The lowest BCUT2D eigenvalue weighted by Gasteiger charge is -2.32. The van der Waals surface area contributed by atoms with Crippen LogP contribution in [-0.4, -0.2) is 51.3 Å². The molecule has 1 aliphatic heterocycles. The number of amides is 2. The summed E-state index contributed by atoms with van der Waals surface area (Å²) in [5, 5.41) is 4.62. The van der Waals surface area contributed by atoms with Crippen LogP contribution >= 0.6 is 11.8 Å². The van der Waals surface area contributed by atoms with Gasteiger partial charge >= 0.3 is 11.7 Å². The maximum atomic E-state index is 13.5. The summed E-state index contributed by atoms with van der Waals surface area (Å²) in [5.41, 5.74) is 1.16. The number of thioether (sulfide) groups is 1. The summed E-state index contributed by atoms with van der Waals surface area (Å²) in [4.78, 5) is 26.3. The van der Waals surface area contributed by atoms with E-state index in [2.05, 4.69) is 5.10 Å². The minimum atomic E-state index is -4.57. The van der Waals surface area contributed by atoms with E-state index < -0.39 is 23.5 Å². The molecule has 0 bridgehead atoms. The number of primary amides is 1. The van der Waals surface area contributed by atoms with Gasteiger partial charge in [0.25, 0.3) is 5.91 Å². The summed E-state index contributed by atoms with van der Waals surface area (Å²) in [6.45, 7) is 2.23. The average molecular weight is 559 g/mol. The molecule has 2 amide bonds. The lowest BCUT2D eigenvalue weighted by molar-refractivity contribution is -0.146. The first-order valence-electron chi connectivity index (χ1n) is 11.7. The van der Waals surface area contributed by atoms with Crippen LogP contribution in [-0.2, 0) is 6.54 Å². The number of benzene rings is 2. The number of carbonyl (C=O) groups is 2. The molecule has 1 aromatic heterocycles. The van der Waals surface area contributed by atoms with E-state index in [1.54, 1.807) is 9.58 Å². The highest BCUT2D eigenvalue weighted by molar-refractivity contribution is 8.00. The molecule has 0 aliphatic carbocycles. The van der Waals surface area contributed by atoms with Gasteiger partial charge in [0.05, 0.1) is 11.4 Å². The standard InChI is InChI=1S/C25H24F6N4O2S/c1-14(24(26,27)28)21-18(22(32)36)6-7-20-19(21)13-35(33-20)12-15-8-10-34(11-9-15)23(37)16-2-4-17(5-3-16)38-25(29,30)31/h2-7,13-15H,8-12H2,1H3,(H2,32,36). The Bertz CT molecular complexity index is 1330. The maximum absolute atomic E-state index is 13.5. The zero-order chi connectivity index (χ0) is 27.8. The number of alkyl halides is 6. The van der Waals surface area contributed by atoms with Crippen molar-refractivity contribution in [2.24, 2.45) is 11.7 Å². The van der Waals surface area contributed by atoms with Crippen molar-refractivity contribution >= 4 is 34.5 Å². The summed E-state index contributed by atoms with van der Waals surface area (Å²) >= 11 is -0.247. The van der Waals surface area contributed by atoms with Crippen molar-refractivity contribution in [3.05, 3.63) is 59.3 Å². The van der Waals surface area contributed by atoms with Gasteiger partial charge in [-0.1, -0.05) is 0 Å². The molecule has 6 nitrogen and oxygen atoms in total. The Morgan fingerprint density at radius 3 is 2.24 bits per heavy atom. The highest BCUT2D eigenvalue weighted by Gasteiger charge is 2.40. The van der Waals surface area contributed by atoms with Gasteiger partial charge in [-0.25, -0.2) is 0 Å². The Labute approximate surface area is 218 Å². The molecule has 38 heavy (non-hydrogen) atoms. The smallest absolute Gasteiger partial charge is 0.366 e. The summed E-state index contributed by atoms with van der Waals surface area (Å²) in [6.07, 6.45) is -1.85. The lowest BCUT2D eigenvalue weighted by atomic mass is 9.91. The van der Waals surface area contributed by atoms with Gasteiger partial charge in [0.15, 0.2) is 0 Å². The van der Waals surface area contributed by atoms with Gasteiger partial charge in [-0.3, -0.25) is 14.3 Å². The predicted molar refractivity (Wildman–Crippen MR) is 130 cm³/mol. The second-order valence-corrected chi connectivity index (χ2v) is 10.4. The summed E-state index contributed by atoms with van der Waals surface area (Å²) < 4.78 is 79.7. The van der Waals surface area contributed by atoms with E-state index in [1.807, 2.05) is 0 Å². The van der Waals surface area contributed by atoms with Crippen LogP contribution in [0, 0.1) is 5.92 Å². The summed E-state index contributed by atoms with van der Waals surface area (Å²) in [6, 6.07) is 8.00. The quantitative estimate of drug-likeness (QED) is 0.299. The molecule has 0 spiro atoms. The molecule has 2 N–H and O–H groups in total. The molecule has 2 aromatic carbocycles. The number of rotatable bonds is 6. The Kier molecular flexibility index (Phi) is 7.69. The monoisotopic (exact) mass is 558 g/mol. The molecule has 13 heteroatoms. The van der Waals surface area contributed by atoms with Crippen molar-refractivity contribution in [1.82, 2.24) is 14.7 Å². The molecule has 1 unspecified atom stereocenters. The van der Waals surface area contributed by atoms with Crippen LogP contribution in [0.2, 0.25) is 0 Å². The third-order valence-corrected chi connectivity index (χ3v) is 7.39. The Morgan fingerprint density at radius 2 is 1.68 bits per heavy atom. The number of halogens is 6. The zero-order valence-electron chi connectivity index (χ0n) is 20.1. The molecule has 1 saturated heterocycles. The van der Waals surface area contributed by atoms with E-state index in [0.717, 1.165) is 6.92 Å². The van der Waals surface area contributed by atoms with Gasteiger partial charge in [0.2, 0.25) is 5.91 Å². The van der Waals surface area contributed by atoms with Crippen LogP contribution < -0.4 is 5.73 Å². The second kappa shape index (κ2) is 10.5.